The molecule has 0 bridgehead atoms. The SMILES string of the molecule is Cc1[nH][nH]c(=O)c1C(CC(N)=O)c1ccc(OCc2nccn2C)cc1. The van der Waals surface area contributed by atoms with Crippen LogP contribution < -0.4 is 16.0 Å². The molecule has 2 aromatic heterocycles. The van der Waals surface area contributed by atoms with Gasteiger partial charge in [-0.25, -0.2) is 4.98 Å². The van der Waals surface area contributed by atoms with Crippen molar-refractivity contribution in [2.75, 3.05) is 0 Å². The molecule has 3 aromatic rings. The van der Waals surface area contributed by atoms with Crippen LogP contribution in [0.3, 0.4) is 0 Å². The van der Waals surface area contributed by atoms with Gasteiger partial charge in [-0.2, -0.15) is 0 Å². The number of rotatable bonds is 7. The predicted octanol–water partition coefficient (Wildman–Crippen LogP) is 1.33. The van der Waals surface area contributed by atoms with Crippen molar-refractivity contribution in [1.82, 2.24) is 19.7 Å². The summed E-state index contributed by atoms with van der Waals surface area (Å²) in [5, 5.41) is 5.34. The summed E-state index contributed by atoms with van der Waals surface area (Å²) in [5.74, 6) is 0.612. The van der Waals surface area contributed by atoms with Crippen LogP contribution >= 0.6 is 0 Å². The summed E-state index contributed by atoms with van der Waals surface area (Å²) in [5.41, 5.74) is 7.17. The molecule has 0 radical (unpaired) electrons. The monoisotopic (exact) mass is 355 g/mol. The molecule has 0 saturated heterocycles. The standard InChI is InChI=1S/C18H21N5O3/c1-11-17(18(25)22-21-11)14(9-15(19)24)12-3-5-13(6-4-12)26-10-16-20-7-8-23(16)2/h3-8,14H,9-10H2,1-2H3,(H2,19,24)(H2,21,22,25). The number of ether oxygens (including phenoxy) is 1. The topological polar surface area (TPSA) is 119 Å². The Balaban J connectivity index is 1.81. The van der Waals surface area contributed by atoms with Crippen molar-refractivity contribution in [3.05, 3.63) is 69.7 Å². The Hall–Kier alpha value is -3.29. The molecule has 2 heterocycles. The predicted molar refractivity (Wildman–Crippen MR) is 95.8 cm³/mol. The van der Waals surface area contributed by atoms with E-state index < -0.39 is 11.8 Å². The third-order valence-electron chi connectivity index (χ3n) is 4.34. The van der Waals surface area contributed by atoms with Crippen molar-refractivity contribution in [2.45, 2.75) is 25.9 Å². The molecule has 0 saturated carbocycles. The van der Waals surface area contributed by atoms with Gasteiger partial charge in [-0.15, -0.1) is 0 Å². The van der Waals surface area contributed by atoms with Gasteiger partial charge in [-0.05, 0) is 24.6 Å². The van der Waals surface area contributed by atoms with Gasteiger partial charge in [-0.3, -0.25) is 14.7 Å². The average Bonchev–Trinajstić information content (AvgIpc) is 3.17. The van der Waals surface area contributed by atoms with Crippen LogP contribution in [0.15, 0.2) is 41.5 Å². The van der Waals surface area contributed by atoms with Crippen LogP contribution in [-0.2, 0) is 18.4 Å². The third kappa shape index (κ3) is 3.69. The van der Waals surface area contributed by atoms with E-state index in [0.29, 0.717) is 23.6 Å². The maximum atomic E-state index is 12.1. The van der Waals surface area contributed by atoms with Gasteiger partial charge < -0.3 is 20.1 Å². The molecule has 136 valence electrons. The van der Waals surface area contributed by atoms with Crippen LogP contribution in [-0.4, -0.2) is 25.7 Å². The van der Waals surface area contributed by atoms with E-state index in [1.54, 1.807) is 13.1 Å². The minimum atomic E-state index is -0.467. The Morgan fingerprint density at radius 1 is 1.31 bits per heavy atom. The van der Waals surface area contributed by atoms with Gasteiger partial charge in [0, 0.05) is 43.0 Å². The molecular formula is C18H21N5O3. The molecule has 0 spiro atoms. The van der Waals surface area contributed by atoms with Gasteiger partial charge in [0.25, 0.3) is 5.56 Å². The van der Waals surface area contributed by atoms with Crippen molar-refractivity contribution in [1.29, 1.82) is 0 Å². The zero-order valence-electron chi connectivity index (χ0n) is 14.7. The molecule has 8 heteroatoms. The van der Waals surface area contributed by atoms with Crippen molar-refractivity contribution >= 4 is 5.91 Å². The molecule has 1 atom stereocenters. The maximum absolute atomic E-state index is 12.1. The molecule has 26 heavy (non-hydrogen) atoms. The number of amides is 1. The molecular weight excluding hydrogens is 334 g/mol. The van der Waals surface area contributed by atoms with Gasteiger partial charge in [0.15, 0.2) is 0 Å². The second-order valence-electron chi connectivity index (χ2n) is 6.15. The summed E-state index contributed by atoms with van der Waals surface area (Å²) in [4.78, 5) is 27.8. The zero-order valence-corrected chi connectivity index (χ0v) is 14.7. The van der Waals surface area contributed by atoms with Crippen LogP contribution in [0.1, 0.15) is 35.0 Å². The fourth-order valence-electron chi connectivity index (χ4n) is 2.94. The number of primary amides is 1. The maximum Gasteiger partial charge on any atom is 0.267 e. The highest BCUT2D eigenvalue weighted by atomic mass is 16.5. The quantitative estimate of drug-likeness (QED) is 0.592. The summed E-state index contributed by atoms with van der Waals surface area (Å²) in [6, 6.07) is 7.30. The Bertz CT molecular complexity index is 952. The average molecular weight is 355 g/mol. The minimum absolute atomic E-state index is 0.0508. The summed E-state index contributed by atoms with van der Waals surface area (Å²) < 4.78 is 7.62. The normalized spacial score (nSPS) is 12.1. The molecule has 1 unspecified atom stereocenters. The Morgan fingerprint density at radius 3 is 2.58 bits per heavy atom. The van der Waals surface area contributed by atoms with Crippen molar-refractivity contribution in [2.24, 2.45) is 12.8 Å². The van der Waals surface area contributed by atoms with Crippen LogP contribution in [0.5, 0.6) is 5.75 Å². The Morgan fingerprint density at radius 2 is 2.04 bits per heavy atom. The first-order chi connectivity index (χ1) is 12.5. The molecule has 1 aromatic carbocycles. The number of aryl methyl sites for hydroxylation is 2. The molecule has 0 aliphatic carbocycles. The van der Waals surface area contributed by atoms with Crippen molar-refractivity contribution in [3.63, 3.8) is 0 Å². The minimum Gasteiger partial charge on any atom is -0.486 e. The number of hydrogen-bond donors (Lipinski definition) is 3. The molecule has 0 aliphatic heterocycles. The lowest BCUT2D eigenvalue weighted by molar-refractivity contribution is -0.118. The molecule has 0 aliphatic rings. The summed E-state index contributed by atoms with van der Waals surface area (Å²) in [6.45, 7) is 2.13. The van der Waals surface area contributed by atoms with Crippen LogP contribution in [0.2, 0.25) is 0 Å². The molecule has 0 fully saturated rings. The number of nitrogens with two attached hydrogens (primary N) is 1. The Kier molecular flexibility index (Phi) is 4.92. The van der Waals surface area contributed by atoms with E-state index in [-0.39, 0.29) is 12.0 Å². The lowest BCUT2D eigenvalue weighted by Gasteiger charge is -2.15. The number of benzene rings is 1. The second kappa shape index (κ2) is 7.30. The van der Waals surface area contributed by atoms with E-state index in [0.717, 1.165) is 11.4 Å². The smallest absolute Gasteiger partial charge is 0.267 e. The fraction of sp³-hybridized carbons (Fsp3) is 0.278. The third-order valence-corrected chi connectivity index (χ3v) is 4.34. The van der Waals surface area contributed by atoms with Gasteiger partial charge in [0.1, 0.15) is 18.2 Å². The first-order valence-electron chi connectivity index (χ1n) is 8.20. The van der Waals surface area contributed by atoms with Gasteiger partial charge in [-0.1, -0.05) is 12.1 Å². The summed E-state index contributed by atoms with van der Waals surface area (Å²) in [7, 11) is 1.90. The lowest BCUT2D eigenvalue weighted by atomic mass is 9.88. The van der Waals surface area contributed by atoms with E-state index in [4.69, 9.17) is 10.5 Å². The lowest BCUT2D eigenvalue weighted by Crippen LogP contribution is -2.20. The molecule has 4 N–H and O–H groups in total. The number of hydrogen-bond acceptors (Lipinski definition) is 4. The van der Waals surface area contributed by atoms with Crippen molar-refractivity contribution in [3.8, 4) is 5.75 Å². The highest BCUT2D eigenvalue weighted by molar-refractivity contribution is 5.75. The number of H-pyrrole nitrogens is 2. The molecule has 3 rings (SSSR count). The van der Waals surface area contributed by atoms with E-state index in [2.05, 4.69) is 15.2 Å². The van der Waals surface area contributed by atoms with Gasteiger partial charge in [0.2, 0.25) is 5.91 Å². The summed E-state index contributed by atoms with van der Waals surface area (Å²) in [6.07, 6.45) is 3.62. The van der Waals surface area contributed by atoms with Crippen molar-refractivity contribution < 1.29 is 9.53 Å². The first-order valence-corrected chi connectivity index (χ1v) is 8.20. The second-order valence-corrected chi connectivity index (χ2v) is 6.15. The number of nitrogens with zero attached hydrogens (tertiary/aromatic N) is 2. The zero-order chi connectivity index (χ0) is 18.7. The highest BCUT2D eigenvalue weighted by Crippen LogP contribution is 2.28. The van der Waals surface area contributed by atoms with E-state index in [1.165, 1.54) is 0 Å². The number of aromatic amines is 2. The largest absolute Gasteiger partial charge is 0.486 e. The number of nitrogens with one attached hydrogen (secondary N) is 2. The number of aromatic nitrogens is 4. The number of carbonyl (C=O) groups excluding carboxylic acids is 1. The molecule has 1 amide bonds. The van der Waals surface area contributed by atoms with E-state index in [9.17, 15) is 9.59 Å². The van der Waals surface area contributed by atoms with Gasteiger partial charge >= 0.3 is 0 Å². The van der Waals surface area contributed by atoms with E-state index in [1.807, 2.05) is 42.1 Å². The molecule has 8 nitrogen and oxygen atoms in total. The highest BCUT2D eigenvalue weighted by Gasteiger charge is 2.23. The van der Waals surface area contributed by atoms with Crippen LogP contribution in [0.4, 0.5) is 0 Å². The van der Waals surface area contributed by atoms with E-state index >= 15 is 0 Å². The van der Waals surface area contributed by atoms with Crippen LogP contribution in [0, 0.1) is 6.92 Å². The number of carbonyl (C=O) groups is 1. The van der Waals surface area contributed by atoms with Gasteiger partial charge in [0.05, 0.1) is 0 Å². The first kappa shape index (κ1) is 17.5. The van der Waals surface area contributed by atoms with Crippen LogP contribution in [0.25, 0.3) is 0 Å². The Labute approximate surface area is 150 Å². The summed E-state index contributed by atoms with van der Waals surface area (Å²) >= 11 is 0. The number of imidazole rings is 1. The fourth-order valence-corrected chi connectivity index (χ4v) is 2.94.